The van der Waals surface area contributed by atoms with Gasteiger partial charge < -0.3 is 0 Å². The van der Waals surface area contributed by atoms with Crippen LogP contribution in [0.2, 0.25) is 0 Å². The van der Waals surface area contributed by atoms with Crippen LogP contribution in [0.3, 0.4) is 0 Å². The summed E-state index contributed by atoms with van der Waals surface area (Å²) in [6.45, 7) is 0. The summed E-state index contributed by atoms with van der Waals surface area (Å²) in [5.41, 5.74) is 0.928. The van der Waals surface area contributed by atoms with Crippen molar-refractivity contribution in [1.29, 1.82) is 0 Å². The van der Waals surface area contributed by atoms with Crippen LogP contribution in [-0.4, -0.2) is 14.2 Å². The number of hydrogen-bond donors (Lipinski definition) is 0. The molecule has 0 aromatic heterocycles. The van der Waals surface area contributed by atoms with Crippen molar-refractivity contribution in [2.24, 2.45) is 0 Å². The molecule has 18 heavy (non-hydrogen) atoms. The number of rotatable bonds is 4. The molecule has 2 aromatic rings. The maximum atomic E-state index is 13.4. The van der Waals surface area contributed by atoms with E-state index in [2.05, 4.69) is 0 Å². The zero-order chi connectivity index (χ0) is 13.0. The van der Waals surface area contributed by atoms with Crippen molar-refractivity contribution >= 4 is 9.84 Å². The monoisotopic (exact) mass is 264 g/mol. The molecule has 0 aliphatic carbocycles. The van der Waals surface area contributed by atoms with Crippen molar-refractivity contribution < 1.29 is 12.8 Å². The Kier molecular flexibility index (Phi) is 3.77. The fraction of sp³-hybridized carbons (Fsp3) is 0.143. The Morgan fingerprint density at radius 1 is 0.889 bits per heavy atom. The van der Waals surface area contributed by atoms with Gasteiger partial charge in [0.2, 0.25) is 0 Å². The molecule has 94 valence electrons. The van der Waals surface area contributed by atoms with Gasteiger partial charge in [-0.25, -0.2) is 12.8 Å². The van der Waals surface area contributed by atoms with Crippen LogP contribution < -0.4 is 0 Å². The van der Waals surface area contributed by atoms with E-state index in [0.29, 0.717) is 6.42 Å². The van der Waals surface area contributed by atoms with Crippen LogP contribution in [0.5, 0.6) is 0 Å². The lowest BCUT2D eigenvalue weighted by atomic mass is 10.2. The van der Waals surface area contributed by atoms with Gasteiger partial charge in [-0.05, 0) is 24.1 Å². The summed E-state index contributed by atoms with van der Waals surface area (Å²) < 4.78 is 37.4. The molecule has 2 rings (SSSR count). The third-order valence-electron chi connectivity index (χ3n) is 2.67. The van der Waals surface area contributed by atoms with Gasteiger partial charge in [0.15, 0.2) is 9.84 Å². The van der Waals surface area contributed by atoms with Crippen molar-refractivity contribution in [2.75, 3.05) is 5.75 Å². The molecule has 0 saturated heterocycles. The van der Waals surface area contributed by atoms with Crippen LogP contribution in [0, 0.1) is 5.82 Å². The maximum Gasteiger partial charge on any atom is 0.181 e. The summed E-state index contributed by atoms with van der Waals surface area (Å²) >= 11 is 0. The van der Waals surface area contributed by atoms with Gasteiger partial charge in [0.05, 0.1) is 5.75 Å². The van der Waals surface area contributed by atoms with Crippen LogP contribution >= 0.6 is 0 Å². The van der Waals surface area contributed by atoms with Crippen LogP contribution in [0.25, 0.3) is 0 Å². The SMILES string of the molecule is O=S(=O)(CCc1ccccc1)c1ccccc1F. The Labute approximate surface area is 106 Å². The Balaban J connectivity index is 2.16. The molecule has 0 heterocycles. The van der Waals surface area contributed by atoms with Gasteiger partial charge in [-0.2, -0.15) is 0 Å². The Hall–Kier alpha value is -1.68. The van der Waals surface area contributed by atoms with Gasteiger partial charge in [0.25, 0.3) is 0 Å². The Morgan fingerprint density at radius 3 is 2.17 bits per heavy atom. The van der Waals surface area contributed by atoms with Crippen molar-refractivity contribution in [3.8, 4) is 0 Å². The summed E-state index contributed by atoms with van der Waals surface area (Å²) in [5, 5.41) is 0. The van der Waals surface area contributed by atoms with Gasteiger partial charge in [-0.3, -0.25) is 0 Å². The predicted molar refractivity (Wildman–Crippen MR) is 68.6 cm³/mol. The topological polar surface area (TPSA) is 34.1 Å². The van der Waals surface area contributed by atoms with E-state index in [1.165, 1.54) is 18.2 Å². The molecule has 2 nitrogen and oxygen atoms in total. The molecule has 0 saturated carbocycles. The zero-order valence-electron chi connectivity index (χ0n) is 9.71. The van der Waals surface area contributed by atoms with Crippen molar-refractivity contribution in [2.45, 2.75) is 11.3 Å². The summed E-state index contributed by atoms with van der Waals surface area (Å²) in [5.74, 6) is -0.775. The molecule has 0 bridgehead atoms. The lowest BCUT2D eigenvalue weighted by Crippen LogP contribution is -2.10. The standard InChI is InChI=1S/C14H13FO2S/c15-13-8-4-5-9-14(13)18(16,17)11-10-12-6-2-1-3-7-12/h1-9H,10-11H2. The first-order valence-corrected chi connectivity index (χ1v) is 7.26. The van der Waals surface area contributed by atoms with Gasteiger partial charge in [-0.1, -0.05) is 42.5 Å². The average Bonchev–Trinajstić information content (AvgIpc) is 2.38. The second kappa shape index (κ2) is 5.31. The summed E-state index contributed by atoms with van der Waals surface area (Å²) in [7, 11) is -3.56. The Bertz CT molecular complexity index is 621. The largest absolute Gasteiger partial charge is 0.224 e. The molecule has 0 fully saturated rings. The number of halogens is 1. The predicted octanol–water partition coefficient (Wildman–Crippen LogP) is 2.84. The second-order valence-corrected chi connectivity index (χ2v) is 6.06. The summed E-state index contributed by atoms with van der Waals surface area (Å²) in [4.78, 5) is -0.221. The molecule has 2 aromatic carbocycles. The Morgan fingerprint density at radius 2 is 1.50 bits per heavy atom. The molecule has 4 heteroatoms. The molecular weight excluding hydrogens is 251 g/mol. The van der Waals surface area contributed by atoms with E-state index >= 15 is 0 Å². The fourth-order valence-electron chi connectivity index (χ4n) is 1.70. The van der Waals surface area contributed by atoms with E-state index < -0.39 is 15.7 Å². The highest BCUT2D eigenvalue weighted by molar-refractivity contribution is 7.91. The molecule has 0 aliphatic rings. The van der Waals surface area contributed by atoms with Gasteiger partial charge in [-0.15, -0.1) is 0 Å². The van der Waals surface area contributed by atoms with E-state index in [1.54, 1.807) is 0 Å². The molecule has 0 aliphatic heterocycles. The van der Waals surface area contributed by atoms with Crippen molar-refractivity contribution in [3.63, 3.8) is 0 Å². The first-order valence-electron chi connectivity index (χ1n) is 5.61. The fourth-order valence-corrected chi connectivity index (χ4v) is 3.08. The number of hydrogen-bond acceptors (Lipinski definition) is 2. The van der Waals surface area contributed by atoms with Crippen LogP contribution in [0.1, 0.15) is 5.56 Å². The highest BCUT2D eigenvalue weighted by atomic mass is 32.2. The molecular formula is C14H13FO2S. The summed E-state index contributed by atoms with van der Waals surface area (Å²) in [6.07, 6.45) is 0.386. The first-order chi connectivity index (χ1) is 8.59. The van der Waals surface area contributed by atoms with E-state index in [9.17, 15) is 12.8 Å². The molecule has 0 amide bonds. The lowest BCUT2D eigenvalue weighted by molar-refractivity contribution is 0.566. The highest BCUT2D eigenvalue weighted by Crippen LogP contribution is 2.16. The molecule has 0 spiro atoms. The summed E-state index contributed by atoms with van der Waals surface area (Å²) in [6, 6.07) is 14.8. The zero-order valence-corrected chi connectivity index (χ0v) is 10.5. The quantitative estimate of drug-likeness (QED) is 0.851. The first kappa shape index (κ1) is 12.8. The molecule has 0 unspecified atom stereocenters. The van der Waals surface area contributed by atoms with E-state index in [-0.39, 0.29) is 10.6 Å². The number of sulfone groups is 1. The highest BCUT2D eigenvalue weighted by Gasteiger charge is 2.18. The third kappa shape index (κ3) is 2.96. The second-order valence-electron chi connectivity index (χ2n) is 3.98. The van der Waals surface area contributed by atoms with Crippen LogP contribution in [-0.2, 0) is 16.3 Å². The van der Waals surface area contributed by atoms with Gasteiger partial charge in [0.1, 0.15) is 10.7 Å². The van der Waals surface area contributed by atoms with Crippen LogP contribution in [0.15, 0.2) is 59.5 Å². The van der Waals surface area contributed by atoms with Crippen molar-refractivity contribution in [1.82, 2.24) is 0 Å². The lowest BCUT2D eigenvalue weighted by Gasteiger charge is -2.05. The average molecular weight is 264 g/mol. The van der Waals surface area contributed by atoms with Gasteiger partial charge >= 0.3 is 0 Å². The minimum absolute atomic E-state index is 0.0854. The number of benzene rings is 2. The molecule has 0 radical (unpaired) electrons. The van der Waals surface area contributed by atoms with E-state index in [1.807, 2.05) is 30.3 Å². The van der Waals surface area contributed by atoms with Crippen LogP contribution in [0.4, 0.5) is 4.39 Å². The minimum Gasteiger partial charge on any atom is -0.224 e. The van der Waals surface area contributed by atoms with Gasteiger partial charge in [0, 0.05) is 0 Å². The normalized spacial score (nSPS) is 11.4. The molecule has 0 atom stereocenters. The molecule has 0 N–H and O–H groups in total. The minimum atomic E-state index is -3.56. The van der Waals surface area contributed by atoms with E-state index in [4.69, 9.17) is 0 Å². The van der Waals surface area contributed by atoms with E-state index in [0.717, 1.165) is 11.6 Å². The van der Waals surface area contributed by atoms with Crippen molar-refractivity contribution in [3.05, 3.63) is 66.0 Å². The maximum absolute atomic E-state index is 13.4. The number of aryl methyl sites for hydroxylation is 1. The smallest absolute Gasteiger partial charge is 0.181 e. The third-order valence-corrected chi connectivity index (χ3v) is 4.42.